The van der Waals surface area contributed by atoms with Gasteiger partial charge in [-0.1, -0.05) is 25.5 Å². The van der Waals surface area contributed by atoms with Crippen molar-refractivity contribution in [3.63, 3.8) is 0 Å². The lowest BCUT2D eigenvalue weighted by molar-refractivity contribution is 0.340. The Morgan fingerprint density at radius 3 is 2.81 bits per heavy atom. The molecule has 0 aliphatic heterocycles. The monoisotopic (exact) mass is 287 g/mol. The minimum atomic E-state index is -0.229. The summed E-state index contributed by atoms with van der Waals surface area (Å²) in [4.78, 5) is 12.0. The van der Waals surface area contributed by atoms with Crippen molar-refractivity contribution in [3.05, 3.63) is 40.7 Å². The molecule has 0 aliphatic rings. The van der Waals surface area contributed by atoms with E-state index in [0.717, 1.165) is 24.2 Å². The molecule has 5 nitrogen and oxygen atoms in total. The van der Waals surface area contributed by atoms with Gasteiger partial charge in [0.15, 0.2) is 0 Å². The van der Waals surface area contributed by atoms with Gasteiger partial charge in [-0.05, 0) is 31.5 Å². The molecule has 2 N–H and O–H groups in total. The predicted molar refractivity (Wildman–Crippen MR) is 84.4 cm³/mol. The lowest BCUT2D eigenvalue weighted by atomic mass is 10.1. The second-order valence-electron chi connectivity index (χ2n) is 4.83. The molecular formula is C16H21N3O2. The Bertz CT molecular complexity index is 665. The van der Waals surface area contributed by atoms with Gasteiger partial charge in [0, 0.05) is 12.1 Å². The molecule has 0 spiro atoms. The zero-order valence-corrected chi connectivity index (χ0v) is 12.5. The topological polar surface area (TPSA) is 70.1 Å². The first-order valence-electron chi connectivity index (χ1n) is 7.26. The van der Waals surface area contributed by atoms with E-state index in [1.54, 1.807) is 6.07 Å². The number of hydrogen-bond acceptors (Lipinski definition) is 4. The molecule has 0 radical (unpaired) electrons. The SMILES string of the molecule is CCCCn1nc(-c2cccc(OCC)c2)cc(N)c1=O. The van der Waals surface area contributed by atoms with Gasteiger partial charge >= 0.3 is 0 Å². The number of hydrogen-bond donors (Lipinski definition) is 1. The number of nitrogen functional groups attached to an aromatic ring is 1. The van der Waals surface area contributed by atoms with Gasteiger partial charge in [0.2, 0.25) is 0 Å². The number of anilines is 1. The molecule has 0 saturated carbocycles. The summed E-state index contributed by atoms with van der Waals surface area (Å²) in [5, 5.41) is 4.41. The maximum atomic E-state index is 12.0. The Balaban J connectivity index is 2.41. The molecule has 5 heteroatoms. The molecule has 0 fully saturated rings. The van der Waals surface area contributed by atoms with E-state index in [4.69, 9.17) is 10.5 Å². The van der Waals surface area contributed by atoms with Crippen molar-refractivity contribution in [1.82, 2.24) is 9.78 Å². The van der Waals surface area contributed by atoms with E-state index < -0.39 is 0 Å². The Kier molecular flexibility index (Phi) is 4.98. The van der Waals surface area contributed by atoms with Gasteiger partial charge in [0.25, 0.3) is 5.56 Å². The molecule has 0 bridgehead atoms. The van der Waals surface area contributed by atoms with E-state index in [2.05, 4.69) is 12.0 Å². The molecule has 0 amide bonds. The number of benzene rings is 1. The molecule has 1 aromatic heterocycles. The number of ether oxygens (including phenoxy) is 1. The summed E-state index contributed by atoms with van der Waals surface area (Å²) in [7, 11) is 0. The number of unbranched alkanes of at least 4 members (excludes halogenated alkanes) is 1. The van der Waals surface area contributed by atoms with Crippen LogP contribution < -0.4 is 16.0 Å². The molecule has 0 saturated heterocycles. The average molecular weight is 287 g/mol. The molecule has 0 unspecified atom stereocenters. The summed E-state index contributed by atoms with van der Waals surface area (Å²) in [5.41, 5.74) is 7.39. The largest absolute Gasteiger partial charge is 0.494 e. The second kappa shape index (κ2) is 6.92. The van der Waals surface area contributed by atoms with Crippen LogP contribution in [0.15, 0.2) is 35.1 Å². The van der Waals surface area contributed by atoms with Crippen molar-refractivity contribution in [1.29, 1.82) is 0 Å². The Morgan fingerprint density at radius 2 is 2.10 bits per heavy atom. The van der Waals surface area contributed by atoms with Crippen LogP contribution in [-0.2, 0) is 6.54 Å². The number of aryl methyl sites for hydroxylation is 1. The third-order valence-corrected chi connectivity index (χ3v) is 3.17. The standard InChI is InChI=1S/C16H21N3O2/c1-3-5-9-19-16(20)14(17)11-15(18-19)12-7-6-8-13(10-12)21-4-2/h6-8,10-11H,3-5,9,17H2,1-2H3. The number of nitrogens with zero attached hydrogens (tertiary/aromatic N) is 2. The van der Waals surface area contributed by atoms with Gasteiger partial charge in [-0.3, -0.25) is 4.79 Å². The normalized spacial score (nSPS) is 10.6. The van der Waals surface area contributed by atoms with Crippen molar-refractivity contribution >= 4 is 5.69 Å². The fourth-order valence-corrected chi connectivity index (χ4v) is 2.07. The summed E-state index contributed by atoms with van der Waals surface area (Å²) in [6, 6.07) is 9.25. The molecule has 1 aromatic carbocycles. The Hall–Kier alpha value is -2.30. The minimum absolute atomic E-state index is 0.220. The highest BCUT2D eigenvalue weighted by Crippen LogP contribution is 2.22. The first-order valence-corrected chi connectivity index (χ1v) is 7.26. The Morgan fingerprint density at radius 1 is 1.29 bits per heavy atom. The summed E-state index contributed by atoms with van der Waals surface area (Å²) < 4.78 is 6.94. The van der Waals surface area contributed by atoms with E-state index in [-0.39, 0.29) is 11.2 Å². The van der Waals surface area contributed by atoms with Gasteiger partial charge < -0.3 is 10.5 Å². The molecule has 112 valence electrons. The van der Waals surface area contributed by atoms with Crippen molar-refractivity contribution in [3.8, 4) is 17.0 Å². The number of rotatable bonds is 6. The van der Waals surface area contributed by atoms with E-state index >= 15 is 0 Å². The van der Waals surface area contributed by atoms with Crippen molar-refractivity contribution in [2.24, 2.45) is 0 Å². The highest BCUT2D eigenvalue weighted by Gasteiger charge is 2.08. The van der Waals surface area contributed by atoms with Gasteiger partial charge in [0.1, 0.15) is 11.4 Å². The van der Waals surface area contributed by atoms with Crippen molar-refractivity contribution in [2.75, 3.05) is 12.3 Å². The average Bonchev–Trinajstić information content (AvgIpc) is 2.49. The maximum Gasteiger partial charge on any atom is 0.289 e. The van der Waals surface area contributed by atoms with E-state index in [9.17, 15) is 4.79 Å². The Labute approximate surface area is 124 Å². The molecule has 2 aromatic rings. The fourth-order valence-electron chi connectivity index (χ4n) is 2.07. The van der Waals surface area contributed by atoms with Crippen molar-refractivity contribution in [2.45, 2.75) is 33.2 Å². The van der Waals surface area contributed by atoms with E-state index in [1.165, 1.54) is 4.68 Å². The smallest absolute Gasteiger partial charge is 0.289 e. The molecule has 2 rings (SSSR count). The molecular weight excluding hydrogens is 266 g/mol. The van der Waals surface area contributed by atoms with Crippen LogP contribution >= 0.6 is 0 Å². The first kappa shape index (κ1) is 15.1. The first-order chi connectivity index (χ1) is 10.2. The minimum Gasteiger partial charge on any atom is -0.494 e. The lowest BCUT2D eigenvalue weighted by Gasteiger charge is -2.10. The third-order valence-electron chi connectivity index (χ3n) is 3.17. The maximum absolute atomic E-state index is 12.0. The third kappa shape index (κ3) is 3.62. The zero-order valence-electron chi connectivity index (χ0n) is 12.5. The van der Waals surface area contributed by atoms with Gasteiger partial charge in [0.05, 0.1) is 12.3 Å². The number of nitrogens with two attached hydrogens (primary N) is 1. The van der Waals surface area contributed by atoms with Crippen LogP contribution in [0.2, 0.25) is 0 Å². The van der Waals surface area contributed by atoms with Gasteiger partial charge in [-0.25, -0.2) is 4.68 Å². The second-order valence-corrected chi connectivity index (χ2v) is 4.83. The van der Waals surface area contributed by atoms with Crippen LogP contribution in [0.3, 0.4) is 0 Å². The van der Waals surface area contributed by atoms with Crippen molar-refractivity contribution < 1.29 is 4.74 Å². The van der Waals surface area contributed by atoms with Crippen LogP contribution in [0, 0.1) is 0 Å². The fraction of sp³-hybridized carbons (Fsp3) is 0.375. The predicted octanol–water partition coefficient (Wildman–Crippen LogP) is 2.69. The van der Waals surface area contributed by atoms with Gasteiger partial charge in [-0.15, -0.1) is 0 Å². The summed E-state index contributed by atoms with van der Waals surface area (Å²) in [5.74, 6) is 0.779. The van der Waals surface area contributed by atoms with Crippen LogP contribution in [-0.4, -0.2) is 16.4 Å². The van der Waals surface area contributed by atoms with Crippen LogP contribution in [0.25, 0.3) is 11.3 Å². The molecule has 0 aliphatic carbocycles. The number of aromatic nitrogens is 2. The van der Waals surface area contributed by atoms with Crippen LogP contribution in [0.1, 0.15) is 26.7 Å². The molecule has 0 atom stereocenters. The molecule has 21 heavy (non-hydrogen) atoms. The lowest BCUT2D eigenvalue weighted by Crippen LogP contribution is -2.25. The highest BCUT2D eigenvalue weighted by atomic mass is 16.5. The van der Waals surface area contributed by atoms with Crippen LogP contribution in [0.5, 0.6) is 5.75 Å². The quantitative estimate of drug-likeness (QED) is 0.886. The highest BCUT2D eigenvalue weighted by molar-refractivity contribution is 5.63. The van der Waals surface area contributed by atoms with E-state index in [1.807, 2.05) is 31.2 Å². The van der Waals surface area contributed by atoms with Crippen LogP contribution in [0.4, 0.5) is 5.69 Å². The summed E-state index contributed by atoms with van der Waals surface area (Å²) >= 11 is 0. The summed E-state index contributed by atoms with van der Waals surface area (Å²) in [6.45, 7) is 5.20. The van der Waals surface area contributed by atoms with Gasteiger partial charge in [-0.2, -0.15) is 5.10 Å². The molecule has 1 heterocycles. The van der Waals surface area contributed by atoms with E-state index in [0.29, 0.717) is 18.8 Å². The zero-order chi connectivity index (χ0) is 15.2. The summed E-state index contributed by atoms with van der Waals surface area (Å²) in [6.07, 6.45) is 1.90.